The smallest absolute Gasteiger partial charge is 0.256 e. The van der Waals surface area contributed by atoms with Gasteiger partial charge in [0.05, 0.1) is 5.56 Å². The largest absolute Gasteiger partial charge is 0.338 e. The second-order valence-electron chi connectivity index (χ2n) is 4.64. The van der Waals surface area contributed by atoms with Crippen LogP contribution in [-0.4, -0.2) is 29.2 Å². The van der Waals surface area contributed by atoms with E-state index in [0.717, 1.165) is 30.3 Å². The predicted molar refractivity (Wildman–Crippen MR) is 68.7 cm³/mol. The summed E-state index contributed by atoms with van der Waals surface area (Å²) in [6, 6.07) is 1.77. The number of likely N-dealkylation sites (tertiary alicyclic amines) is 1. The second-order valence-corrected chi connectivity index (χ2v) is 5.28. The minimum Gasteiger partial charge on any atom is -0.338 e. The van der Waals surface area contributed by atoms with Crippen LogP contribution in [0.4, 0.5) is 13.2 Å². The highest BCUT2D eigenvalue weighted by Crippen LogP contribution is 2.22. The van der Waals surface area contributed by atoms with Gasteiger partial charge < -0.3 is 4.90 Å². The molecule has 2 rings (SSSR count). The summed E-state index contributed by atoms with van der Waals surface area (Å²) in [6.45, 7) is 1.02. The summed E-state index contributed by atoms with van der Waals surface area (Å²) in [5.74, 6) is -4.56. The highest BCUT2D eigenvalue weighted by Gasteiger charge is 2.27. The molecule has 1 saturated heterocycles. The molecule has 6 heteroatoms. The van der Waals surface area contributed by atoms with Gasteiger partial charge in [-0.05, 0) is 30.9 Å². The highest BCUT2D eigenvalue weighted by molar-refractivity contribution is 9.09. The van der Waals surface area contributed by atoms with Gasteiger partial charge in [-0.1, -0.05) is 15.9 Å². The molecule has 1 aliphatic heterocycles. The van der Waals surface area contributed by atoms with Crippen LogP contribution in [0, 0.1) is 23.4 Å². The Balaban J connectivity index is 2.22. The van der Waals surface area contributed by atoms with E-state index < -0.39 is 28.9 Å². The van der Waals surface area contributed by atoms with E-state index in [1.807, 2.05) is 0 Å². The SMILES string of the molecule is O=C(c1ccc(F)c(F)c1F)N1CCCC(CBr)C1. The number of nitrogens with zero attached hydrogens (tertiary/aromatic N) is 1. The molecule has 19 heavy (non-hydrogen) atoms. The number of alkyl halides is 1. The number of rotatable bonds is 2. The molecule has 0 N–H and O–H groups in total. The molecule has 0 aromatic heterocycles. The molecular weight excluding hydrogens is 323 g/mol. The van der Waals surface area contributed by atoms with Gasteiger partial charge in [0.25, 0.3) is 5.91 Å². The monoisotopic (exact) mass is 335 g/mol. The van der Waals surface area contributed by atoms with Crippen molar-refractivity contribution in [2.45, 2.75) is 12.8 Å². The molecule has 1 aromatic carbocycles. The summed E-state index contributed by atoms with van der Waals surface area (Å²) in [7, 11) is 0. The van der Waals surface area contributed by atoms with E-state index in [4.69, 9.17) is 0 Å². The molecule has 104 valence electrons. The Labute approximate surface area is 117 Å². The van der Waals surface area contributed by atoms with Crippen LogP contribution in [0.1, 0.15) is 23.2 Å². The zero-order chi connectivity index (χ0) is 14.0. The number of carbonyl (C=O) groups excluding carboxylic acids is 1. The minimum absolute atomic E-state index is 0.311. The van der Waals surface area contributed by atoms with Crippen molar-refractivity contribution in [1.29, 1.82) is 0 Å². The van der Waals surface area contributed by atoms with Crippen molar-refractivity contribution in [3.63, 3.8) is 0 Å². The molecule has 1 atom stereocenters. The number of hydrogen-bond acceptors (Lipinski definition) is 1. The molecular formula is C13H13BrF3NO. The van der Waals surface area contributed by atoms with Crippen LogP contribution in [0.5, 0.6) is 0 Å². The topological polar surface area (TPSA) is 20.3 Å². The number of amides is 1. The van der Waals surface area contributed by atoms with E-state index in [9.17, 15) is 18.0 Å². The Morgan fingerprint density at radius 1 is 1.32 bits per heavy atom. The second kappa shape index (κ2) is 5.94. The zero-order valence-electron chi connectivity index (χ0n) is 10.1. The van der Waals surface area contributed by atoms with E-state index in [1.165, 1.54) is 4.90 Å². The number of carbonyl (C=O) groups is 1. The average molecular weight is 336 g/mol. The van der Waals surface area contributed by atoms with Gasteiger partial charge in [0.1, 0.15) is 0 Å². The number of hydrogen-bond donors (Lipinski definition) is 0. The average Bonchev–Trinajstić information content (AvgIpc) is 2.44. The fourth-order valence-corrected chi connectivity index (χ4v) is 2.77. The minimum atomic E-state index is -1.60. The third-order valence-corrected chi connectivity index (χ3v) is 4.21. The summed E-state index contributed by atoms with van der Waals surface area (Å²) in [5, 5.41) is 0.761. The van der Waals surface area contributed by atoms with Gasteiger partial charge in [-0.2, -0.15) is 0 Å². The van der Waals surface area contributed by atoms with Gasteiger partial charge in [0, 0.05) is 18.4 Å². The highest BCUT2D eigenvalue weighted by atomic mass is 79.9. The maximum absolute atomic E-state index is 13.6. The number of benzene rings is 1. The van der Waals surface area contributed by atoms with Crippen molar-refractivity contribution in [3.05, 3.63) is 35.1 Å². The maximum Gasteiger partial charge on any atom is 0.256 e. The zero-order valence-corrected chi connectivity index (χ0v) is 11.7. The van der Waals surface area contributed by atoms with Crippen LogP contribution < -0.4 is 0 Å². The summed E-state index contributed by atoms with van der Waals surface area (Å²) >= 11 is 3.36. The Morgan fingerprint density at radius 3 is 2.74 bits per heavy atom. The number of piperidine rings is 1. The van der Waals surface area contributed by atoms with Gasteiger partial charge in [-0.15, -0.1) is 0 Å². The van der Waals surface area contributed by atoms with Crippen LogP contribution >= 0.6 is 15.9 Å². The van der Waals surface area contributed by atoms with Gasteiger partial charge >= 0.3 is 0 Å². The first-order chi connectivity index (χ1) is 9.04. The first-order valence-electron chi connectivity index (χ1n) is 6.03. The third kappa shape index (κ3) is 2.94. The lowest BCUT2D eigenvalue weighted by atomic mass is 9.99. The Kier molecular flexibility index (Phi) is 4.50. The lowest BCUT2D eigenvalue weighted by Crippen LogP contribution is -2.40. The van der Waals surface area contributed by atoms with Gasteiger partial charge in [-0.25, -0.2) is 13.2 Å². The molecule has 0 spiro atoms. The summed E-state index contributed by atoms with van der Waals surface area (Å²) < 4.78 is 39.5. The van der Waals surface area contributed by atoms with Crippen LogP contribution in [0.15, 0.2) is 12.1 Å². The molecule has 0 radical (unpaired) electrons. The molecule has 1 amide bonds. The van der Waals surface area contributed by atoms with Gasteiger partial charge in [0.2, 0.25) is 0 Å². The Hall–Kier alpha value is -1.04. The molecule has 1 unspecified atom stereocenters. The fraction of sp³-hybridized carbons (Fsp3) is 0.462. The van der Waals surface area contributed by atoms with Crippen molar-refractivity contribution >= 4 is 21.8 Å². The summed E-state index contributed by atoms with van der Waals surface area (Å²) in [4.78, 5) is 13.6. The van der Waals surface area contributed by atoms with Crippen LogP contribution in [0.25, 0.3) is 0 Å². The Morgan fingerprint density at radius 2 is 2.05 bits per heavy atom. The Bertz CT molecular complexity index is 495. The molecule has 0 aliphatic carbocycles. The van der Waals surface area contributed by atoms with Crippen molar-refractivity contribution in [3.8, 4) is 0 Å². The lowest BCUT2D eigenvalue weighted by Gasteiger charge is -2.32. The predicted octanol–water partition coefficient (Wildman–Crippen LogP) is 3.35. The summed E-state index contributed by atoms with van der Waals surface area (Å²) in [6.07, 6.45) is 1.82. The summed E-state index contributed by atoms with van der Waals surface area (Å²) in [5.41, 5.74) is -0.408. The molecule has 1 heterocycles. The first kappa shape index (κ1) is 14.4. The van der Waals surface area contributed by atoms with Gasteiger partial charge in [-0.3, -0.25) is 4.79 Å². The molecule has 1 aromatic rings. The maximum atomic E-state index is 13.6. The van der Waals surface area contributed by atoms with Crippen molar-refractivity contribution in [2.24, 2.45) is 5.92 Å². The van der Waals surface area contributed by atoms with E-state index in [0.29, 0.717) is 19.0 Å². The first-order valence-corrected chi connectivity index (χ1v) is 7.15. The van der Waals surface area contributed by atoms with Crippen LogP contribution in [0.3, 0.4) is 0 Å². The van der Waals surface area contributed by atoms with E-state index >= 15 is 0 Å². The molecule has 0 saturated carbocycles. The fourth-order valence-electron chi connectivity index (χ4n) is 2.24. The lowest BCUT2D eigenvalue weighted by molar-refractivity contribution is 0.0680. The van der Waals surface area contributed by atoms with Crippen LogP contribution in [0.2, 0.25) is 0 Å². The normalized spacial score (nSPS) is 19.6. The van der Waals surface area contributed by atoms with Crippen molar-refractivity contribution in [2.75, 3.05) is 18.4 Å². The van der Waals surface area contributed by atoms with Crippen molar-refractivity contribution < 1.29 is 18.0 Å². The van der Waals surface area contributed by atoms with Crippen molar-refractivity contribution in [1.82, 2.24) is 4.90 Å². The van der Waals surface area contributed by atoms with E-state index in [-0.39, 0.29) is 0 Å². The van der Waals surface area contributed by atoms with Gasteiger partial charge in [0.15, 0.2) is 17.5 Å². The molecule has 1 fully saturated rings. The van der Waals surface area contributed by atoms with E-state index in [2.05, 4.69) is 15.9 Å². The number of halogens is 4. The molecule has 1 aliphatic rings. The quantitative estimate of drug-likeness (QED) is 0.599. The molecule has 0 bridgehead atoms. The standard InChI is InChI=1S/C13H13BrF3NO/c14-6-8-2-1-5-18(7-8)13(19)9-3-4-10(15)12(17)11(9)16/h3-4,8H,1-2,5-7H2. The van der Waals surface area contributed by atoms with Crippen LogP contribution in [-0.2, 0) is 0 Å². The molecule has 2 nitrogen and oxygen atoms in total. The van der Waals surface area contributed by atoms with E-state index in [1.54, 1.807) is 0 Å². The third-order valence-electron chi connectivity index (χ3n) is 3.29.